The van der Waals surface area contributed by atoms with Crippen molar-refractivity contribution in [1.82, 2.24) is 10.2 Å². The Balaban J connectivity index is 2.95. The molecule has 0 aliphatic carbocycles. The molecule has 0 aromatic heterocycles. The van der Waals surface area contributed by atoms with E-state index in [2.05, 4.69) is 63.7 Å². The van der Waals surface area contributed by atoms with E-state index in [0.717, 1.165) is 12.1 Å². The second-order valence-corrected chi connectivity index (χ2v) is 6.49. The van der Waals surface area contributed by atoms with Gasteiger partial charge < -0.3 is 10.1 Å². The Morgan fingerprint density at radius 1 is 1.45 bits per heavy atom. The lowest BCUT2D eigenvalue weighted by atomic mass is 9.91. The fraction of sp³-hybridized carbons (Fsp3) is 0.684. The van der Waals surface area contributed by atoms with Crippen molar-refractivity contribution in [2.45, 2.75) is 58.7 Å². The summed E-state index contributed by atoms with van der Waals surface area (Å²) in [6.45, 7) is 14.8. The Hall–Kier alpha value is -0.900. The summed E-state index contributed by atoms with van der Waals surface area (Å²) < 4.78 is 5.15. The van der Waals surface area contributed by atoms with Gasteiger partial charge >= 0.3 is 0 Å². The Bertz CT molecular complexity index is 425. The van der Waals surface area contributed by atoms with Crippen LogP contribution in [0.3, 0.4) is 0 Å². The van der Waals surface area contributed by atoms with Crippen LogP contribution in [0.4, 0.5) is 0 Å². The fourth-order valence-corrected chi connectivity index (χ4v) is 3.30. The molecule has 126 valence electrons. The predicted molar refractivity (Wildman–Crippen MR) is 96.2 cm³/mol. The van der Waals surface area contributed by atoms with Gasteiger partial charge in [0.05, 0.1) is 6.61 Å². The van der Waals surface area contributed by atoms with Gasteiger partial charge in [-0.05, 0) is 58.7 Å². The average Bonchev–Trinajstić information content (AvgIpc) is 2.50. The Labute approximate surface area is 137 Å². The first-order valence-electron chi connectivity index (χ1n) is 8.37. The topological polar surface area (TPSA) is 24.5 Å². The number of methoxy groups -OCH3 is 1. The van der Waals surface area contributed by atoms with Gasteiger partial charge in [0.2, 0.25) is 0 Å². The lowest BCUT2D eigenvalue weighted by Crippen LogP contribution is -2.50. The maximum absolute atomic E-state index is 5.15. The molecule has 1 N–H and O–H groups in total. The van der Waals surface area contributed by atoms with Crippen LogP contribution in [-0.2, 0) is 4.74 Å². The third-order valence-corrected chi connectivity index (χ3v) is 4.92. The molecule has 3 heteroatoms. The predicted octanol–water partition coefficient (Wildman–Crippen LogP) is 3.54. The van der Waals surface area contributed by atoms with E-state index in [1.165, 1.54) is 24.0 Å². The minimum absolute atomic E-state index is 0.401. The molecule has 0 aromatic rings. The Morgan fingerprint density at radius 2 is 2.14 bits per heavy atom. The third kappa shape index (κ3) is 5.08. The van der Waals surface area contributed by atoms with E-state index in [4.69, 9.17) is 4.74 Å². The minimum atomic E-state index is 0.401. The first-order valence-corrected chi connectivity index (χ1v) is 8.37. The van der Waals surface area contributed by atoms with Crippen molar-refractivity contribution in [3.8, 4) is 0 Å². The van der Waals surface area contributed by atoms with Crippen LogP contribution in [0.15, 0.2) is 35.5 Å². The molecular formula is C19H34N2O. The molecule has 3 atom stereocenters. The molecule has 1 aliphatic heterocycles. The maximum atomic E-state index is 5.15. The van der Waals surface area contributed by atoms with Gasteiger partial charge in [0.15, 0.2) is 0 Å². The summed E-state index contributed by atoms with van der Waals surface area (Å²) in [4.78, 5) is 2.62. The number of ether oxygens (including phenoxy) is 1. The Kier molecular flexibility index (Phi) is 8.08. The normalized spacial score (nSPS) is 26.1. The van der Waals surface area contributed by atoms with E-state index in [-0.39, 0.29) is 0 Å². The summed E-state index contributed by atoms with van der Waals surface area (Å²) in [6.07, 6.45) is 6.74. The van der Waals surface area contributed by atoms with Gasteiger partial charge in [-0.15, -0.1) is 0 Å². The highest BCUT2D eigenvalue weighted by molar-refractivity contribution is 5.39. The molecule has 0 spiro atoms. The van der Waals surface area contributed by atoms with E-state index in [1.54, 1.807) is 7.11 Å². The van der Waals surface area contributed by atoms with Crippen LogP contribution in [0.2, 0.25) is 0 Å². The summed E-state index contributed by atoms with van der Waals surface area (Å²) >= 11 is 0. The standard InChI is InChI=1S/C19H34N2O/c1-14(2)16(4)19(9-8-12-22-7)17(5)21-11-10-18(20-6)13-15(21)3/h8-9,15,17-18,20H,1,10-13H2,2-7H3/b9-8-,19-16+. The van der Waals surface area contributed by atoms with Gasteiger partial charge in [-0.2, -0.15) is 0 Å². The quantitative estimate of drug-likeness (QED) is 0.728. The van der Waals surface area contributed by atoms with Crippen LogP contribution in [-0.4, -0.2) is 50.3 Å². The van der Waals surface area contributed by atoms with Crippen LogP contribution < -0.4 is 5.32 Å². The van der Waals surface area contributed by atoms with Crippen molar-refractivity contribution in [3.63, 3.8) is 0 Å². The van der Waals surface area contributed by atoms with Crippen molar-refractivity contribution in [2.24, 2.45) is 0 Å². The second-order valence-electron chi connectivity index (χ2n) is 6.49. The molecule has 22 heavy (non-hydrogen) atoms. The molecule has 0 amide bonds. The number of hydrogen-bond acceptors (Lipinski definition) is 3. The summed E-state index contributed by atoms with van der Waals surface area (Å²) in [5.74, 6) is 0. The molecule has 0 radical (unpaired) electrons. The number of likely N-dealkylation sites (tertiary alicyclic amines) is 1. The fourth-order valence-electron chi connectivity index (χ4n) is 3.30. The van der Waals surface area contributed by atoms with E-state index in [0.29, 0.717) is 24.7 Å². The molecule has 1 saturated heterocycles. The summed E-state index contributed by atoms with van der Waals surface area (Å²) in [5.41, 5.74) is 3.80. The SMILES string of the molecule is C=C(C)/C(C)=C(\C=C/COC)C(C)N1CCC(NC)CC1C. The lowest BCUT2D eigenvalue weighted by Gasteiger charge is -2.42. The van der Waals surface area contributed by atoms with Crippen molar-refractivity contribution < 1.29 is 4.74 Å². The number of allylic oxidation sites excluding steroid dienone is 2. The van der Waals surface area contributed by atoms with Crippen LogP contribution in [0.1, 0.15) is 40.5 Å². The van der Waals surface area contributed by atoms with Gasteiger partial charge in [-0.3, -0.25) is 4.90 Å². The molecule has 3 unspecified atom stereocenters. The van der Waals surface area contributed by atoms with Crippen LogP contribution in [0.5, 0.6) is 0 Å². The number of rotatable bonds is 7. The first kappa shape index (κ1) is 19.1. The average molecular weight is 306 g/mol. The van der Waals surface area contributed by atoms with Crippen molar-refractivity contribution >= 4 is 0 Å². The monoisotopic (exact) mass is 306 g/mol. The third-order valence-electron chi connectivity index (χ3n) is 4.92. The zero-order valence-corrected chi connectivity index (χ0v) is 15.3. The van der Waals surface area contributed by atoms with Gasteiger partial charge in [-0.25, -0.2) is 0 Å². The zero-order chi connectivity index (χ0) is 16.7. The number of nitrogens with one attached hydrogen (secondary N) is 1. The highest BCUT2D eigenvalue weighted by Gasteiger charge is 2.29. The van der Waals surface area contributed by atoms with Gasteiger partial charge in [0.1, 0.15) is 0 Å². The summed E-state index contributed by atoms with van der Waals surface area (Å²) in [6, 6.07) is 1.64. The summed E-state index contributed by atoms with van der Waals surface area (Å²) in [5, 5.41) is 3.42. The molecule has 1 fully saturated rings. The largest absolute Gasteiger partial charge is 0.381 e. The molecule has 1 heterocycles. The zero-order valence-electron chi connectivity index (χ0n) is 15.3. The molecular weight excluding hydrogens is 272 g/mol. The van der Waals surface area contributed by atoms with E-state index in [9.17, 15) is 0 Å². The van der Waals surface area contributed by atoms with Crippen molar-refractivity contribution in [1.29, 1.82) is 0 Å². The van der Waals surface area contributed by atoms with Crippen LogP contribution >= 0.6 is 0 Å². The highest BCUT2D eigenvalue weighted by atomic mass is 16.5. The van der Waals surface area contributed by atoms with Crippen LogP contribution in [0.25, 0.3) is 0 Å². The number of piperidine rings is 1. The number of nitrogens with zero attached hydrogens (tertiary/aromatic N) is 1. The smallest absolute Gasteiger partial charge is 0.0646 e. The van der Waals surface area contributed by atoms with Crippen LogP contribution in [0, 0.1) is 0 Å². The van der Waals surface area contributed by atoms with E-state index < -0.39 is 0 Å². The van der Waals surface area contributed by atoms with Gasteiger partial charge in [0.25, 0.3) is 0 Å². The number of hydrogen-bond donors (Lipinski definition) is 1. The molecule has 0 bridgehead atoms. The maximum Gasteiger partial charge on any atom is 0.0646 e. The summed E-state index contributed by atoms with van der Waals surface area (Å²) in [7, 11) is 3.80. The molecule has 0 saturated carbocycles. The van der Waals surface area contributed by atoms with E-state index in [1.807, 2.05) is 0 Å². The van der Waals surface area contributed by atoms with Crippen molar-refractivity contribution in [2.75, 3.05) is 27.3 Å². The second kappa shape index (κ2) is 9.29. The van der Waals surface area contributed by atoms with Gasteiger partial charge in [0, 0.05) is 31.8 Å². The highest BCUT2D eigenvalue weighted by Crippen LogP contribution is 2.26. The van der Waals surface area contributed by atoms with Gasteiger partial charge in [-0.1, -0.05) is 24.3 Å². The van der Waals surface area contributed by atoms with Crippen molar-refractivity contribution in [3.05, 3.63) is 35.5 Å². The lowest BCUT2D eigenvalue weighted by molar-refractivity contribution is 0.114. The molecule has 0 aromatic carbocycles. The molecule has 1 aliphatic rings. The molecule has 3 nitrogen and oxygen atoms in total. The first-order chi connectivity index (χ1) is 10.4. The van der Waals surface area contributed by atoms with E-state index >= 15 is 0 Å². The molecule has 1 rings (SSSR count). The Morgan fingerprint density at radius 3 is 2.64 bits per heavy atom. The minimum Gasteiger partial charge on any atom is -0.381 e.